The largest absolute Gasteiger partial charge is 0.336 e. The lowest BCUT2D eigenvalue weighted by molar-refractivity contribution is 0.101. The second-order valence-electron chi connectivity index (χ2n) is 4.77. The minimum absolute atomic E-state index is 0.0165. The predicted octanol–water partition coefficient (Wildman–Crippen LogP) is 2.61. The van der Waals surface area contributed by atoms with E-state index in [0.29, 0.717) is 5.56 Å². The van der Waals surface area contributed by atoms with Crippen molar-refractivity contribution in [2.75, 3.05) is 11.4 Å². The average Bonchev–Trinajstić information content (AvgIpc) is 2.85. The lowest BCUT2D eigenvalue weighted by Crippen LogP contribution is -2.31. The fourth-order valence-corrected chi connectivity index (χ4v) is 3.26. The normalized spacial score (nSPS) is 14.3. The molecular weight excluding hydrogens is 258 g/mol. The van der Waals surface area contributed by atoms with Crippen LogP contribution in [-0.4, -0.2) is 22.3 Å². The highest BCUT2D eigenvalue weighted by Crippen LogP contribution is 2.26. The third kappa shape index (κ3) is 2.26. The van der Waals surface area contributed by atoms with Gasteiger partial charge in [0, 0.05) is 24.2 Å². The maximum absolute atomic E-state index is 11.4. The molecule has 98 valence electrons. The molecule has 0 fully saturated rings. The van der Waals surface area contributed by atoms with Crippen molar-refractivity contribution in [1.82, 2.24) is 9.97 Å². The van der Waals surface area contributed by atoms with Gasteiger partial charge in [0.05, 0.1) is 11.3 Å². The minimum atomic E-state index is 0.0165. The molecule has 2 aromatic heterocycles. The molecule has 0 saturated carbocycles. The standard InChI is InChI=1S/C14H15N3OS/c1-9-12(10(2)18)7-15-14(16-9)17-5-3-13-11(8-17)4-6-19-13/h4,6-7H,3,5,8H2,1-2H3. The summed E-state index contributed by atoms with van der Waals surface area (Å²) >= 11 is 1.82. The molecule has 1 aliphatic rings. The van der Waals surface area contributed by atoms with Crippen LogP contribution in [0.4, 0.5) is 5.95 Å². The number of ketones is 1. The molecule has 0 atom stereocenters. The highest BCUT2D eigenvalue weighted by Gasteiger charge is 2.20. The Balaban J connectivity index is 1.88. The topological polar surface area (TPSA) is 46.1 Å². The number of aromatic nitrogens is 2. The molecule has 0 spiro atoms. The van der Waals surface area contributed by atoms with Gasteiger partial charge in [-0.3, -0.25) is 4.79 Å². The lowest BCUT2D eigenvalue weighted by Gasteiger charge is -2.27. The fourth-order valence-electron chi connectivity index (χ4n) is 2.37. The molecule has 1 aliphatic heterocycles. The molecule has 0 aliphatic carbocycles. The third-order valence-corrected chi connectivity index (χ3v) is 4.46. The Morgan fingerprint density at radius 3 is 3.05 bits per heavy atom. The van der Waals surface area contributed by atoms with Crippen LogP contribution in [0.15, 0.2) is 17.6 Å². The quantitative estimate of drug-likeness (QED) is 0.789. The Kier molecular flexibility index (Phi) is 3.06. The molecular formula is C14H15N3OS. The highest BCUT2D eigenvalue weighted by atomic mass is 32.1. The van der Waals surface area contributed by atoms with Crippen LogP contribution in [0.2, 0.25) is 0 Å². The van der Waals surface area contributed by atoms with Crippen molar-refractivity contribution >= 4 is 23.1 Å². The number of fused-ring (bicyclic) bond motifs is 1. The van der Waals surface area contributed by atoms with Gasteiger partial charge >= 0.3 is 0 Å². The molecule has 2 aromatic rings. The molecule has 0 N–H and O–H groups in total. The van der Waals surface area contributed by atoms with Gasteiger partial charge in [-0.25, -0.2) is 9.97 Å². The maximum atomic E-state index is 11.4. The van der Waals surface area contributed by atoms with Crippen molar-refractivity contribution in [3.8, 4) is 0 Å². The first-order valence-electron chi connectivity index (χ1n) is 6.30. The van der Waals surface area contributed by atoms with Gasteiger partial charge in [-0.1, -0.05) is 0 Å². The number of aryl methyl sites for hydroxylation is 1. The van der Waals surface area contributed by atoms with Crippen LogP contribution < -0.4 is 4.90 Å². The summed E-state index contributed by atoms with van der Waals surface area (Å²) in [5.74, 6) is 0.738. The minimum Gasteiger partial charge on any atom is -0.336 e. The molecule has 0 saturated heterocycles. The summed E-state index contributed by atoms with van der Waals surface area (Å²) < 4.78 is 0. The number of carbonyl (C=O) groups excluding carboxylic acids is 1. The number of hydrogen-bond acceptors (Lipinski definition) is 5. The summed E-state index contributed by atoms with van der Waals surface area (Å²) in [6.07, 6.45) is 2.69. The predicted molar refractivity (Wildman–Crippen MR) is 75.8 cm³/mol. The molecule has 3 heterocycles. The molecule has 0 aromatic carbocycles. The van der Waals surface area contributed by atoms with Crippen LogP contribution in [-0.2, 0) is 13.0 Å². The number of hydrogen-bond donors (Lipinski definition) is 0. The fraction of sp³-hybridized carbons (Fsp3) is 0.357. The number of carbonyl (C=O) groups is 1. The van der Waals surface area contributed by atoms with E-state index in [9.17, 15) is 4.79 Å². The van der Waals surface area contributed by atoms with E-state index in [4.69, 9.17) is 0 Å². The van der Waals surface area contributed by atoms with Crippen molar-refractivity contribution < 1.29 is 4.79 Å². The van der Waals surface area contributed by atoms with Crippen LogP contribution >= 0.6 is 11.3 Å². The molecule has 3 rings (SSSR count). The summed E-state index contributed by atoms with van der Waals surface area (Å²) in [4.78, 5) is 23.8. The second kappa shape index (κ2) is 4.74. The van der Waals surface area contributed by atoms with Crippen LogP contribution in [0.5, 0.6) is 0 Å². The zero-order chi connectivity index (χ0) is 13.4. The first kappa shape index (κ1) is 12.3. The number of thiophene rings is 1. The average molecular weight is 273 g/mol. The molecule has 4 nitrogen and oxygen atoms in total. The van der Waals surface area contributed by atoms with Crippen molar-refractivity contribution in [1.29, 1.82) is 0 Å². The summed E-state index contributed by atoms with van der Waals surface area (Å²) in [6, 6.07) is 2.17. The van der Waals surface area contributed by atoms with E-state index in [1.165, 1.54) is 10.4 Å². The smallest absolute Gasteiger partial charge is 0.225 e. The number of anilines is 1. The van der Waals surface area contributed by atoms with Gasteiger partial charge in [-0.2, -0.15) is 0 Å². The maximum Gasteiger partial charge on any atom is 0.225 e. The molecule has 0 radical (unpaired) electrons. The SMILES string of the molecule is CC(=O)c1cnc(N2CCc3sccc3C2)nc1C. The first-order chi connectivity index (χ1) is 9.15. The molecule has 0 unspecified atom stereocenters. The Labute approximate surface area is 116 Å². The van der Waals surface area contributed by atoms with Crippen molar-refractivity contribution in [3.05, 3.63) is 39.3 Å². The van der Waals surface area contributed by atoms with Crippen molar-refractivity contribution in [2.24, 2.45) is 0 Å². The summed E-state index contributed by atoms with van der Waals surface area (Å²) in [7, 11) is 0. The number of nitrogens with zero attached hydrogens (tertiary/aromatic N) is 3. The number of Topliss-reactive ketones (excluding diaryl/α,β-unsaturated/α-hetero) is 1. The van der Waals surface area contributed by atoms with Gasteiger partial charge in [0.2, 0.25) is 5.95 Å². The Morgan fingerprint density at radius 2 is 2.32 bits per heavy atom. The van der Waals surface area contributed by atoms with Gasteiger partial charge in [0.1, 0.15) is 0 Å². The Morgan fingerprint density at radius 1 is 1.47 bits per heavy atom. The summed E-state index contributed by atoms with van der Waals surface area (Å²) in [5, 5.41) is 2.14. The van der Waals surface area contributed by atoms with E-state index in [-0.39, 0.29) is 5.78 Å². The monoisotopic (exact) mass is 273 g/mol. The van der Waals surface area contributed by atoms with E-state index in [1.807, 2.05) is 18.3 Å². The zero-order valence-corrected chi connectivity index (χ0v) is 11.8. The number of rotatable bonds is 2. The molecule has 19 heavy (non-hydrogen) atoms. The van der Waals surface area contributed by atoms with Crippen molar-refractivity contribution in [3.63, 3.8) is 0 Å². The van der Waals surface area contributed by atoms with E-state index in [0.717, 1.165) is 31.2 Å². The van der Waals surface area contributed by atoms with Crippen LogP contribution in [0.1, 0.15) is 33.4 Å². The third-order valence-electron chi connectivity index (χ3n) is 3.44. The van der Waals surface area contributed by atoms with Gasteiger partial charge in [-0.15, -0.1) is 11.3 Å². The highest BCUT2D eigenvalue weighted by molar-refractivity contribution is 7.10. The van der Waals surface area contributed by atoms with Crippen LogP contribution in [0, 0.1) is 6.92 Å². The molecule has 5 heteroatoms. The van der Waals surface area contributed by atoms with Gasteiger partial charge < -0.3 is 4.90 Å². The lowest BCUT2D eigenvalue weighted by atomic mass is 10.1. The van der Waals surface area contributed by atoms with E-state index < -0.39 is 0 Å². The Bertz CT molecular complexity index is 635. The molecule has 0 bridgehead atoms. The van der Waals surface area contributed by atoms with E-state index in [2.05, 4.69) is 26.3 Å². The Hall–Kier alpha value is -1.75. The second-order valence-corrected chi connectivity index (χ2v) is 5.77. The summed E-state index contributed by atoms with van der Waals surface area (Å²) in [6.45, 7) is 5.20. The van der Waals surface area contributed by atoms with E-state index >= 15 is 0 Å². The summed E-state index contributed by atoms with van der Waals surface area (Å²) in [5.41, 5.74) is 2.73. The van der Waals surface area contributed by atoms with E-state index in [1.54, 1.807) is 13.1 Å². The van der Waals surface area contributed by atoms with Gasteiger partial charge in [0.15, 0.2) is 5.78 Å². The van der Waals surface area contributed by atoms with Crippen LogP contribution in [0.3, 0.4) is 0 Å². The van der Waals surface area contributed by atoms with Gasteiger partial charge in [-0.05, 0) is 37.3 Å². The zero-order valence-electron chi connectivity index (χ0n) is 11.0. The van der Waals surface area contributed by atoms with Crippen molar-refractivity contribution in [2.45, 2.75) is 26.8 Å². The van der Waals surface area contributed by atoms with Crippen LogP contribution in [0.25, 0.3) is 0 Å². The van der Waals surface area contributed by atoms with Gasteiger partial charge in [0.25, 0.3) is 0 Å². The molecule has 0 amide bonds. The first-order valence-corrected chi connectivity index (χ1v) is 7.18.